The number of hydrogen-bond acceptors (Lipinski definition) is 6. The quantitative estimate of drug-likeness (QED) is 0.272. The predicted octanol–water partition coefficient (Wildman–Crippen LogP) is 5.83. The van der Waals surface area contributed by atoms with E-state index >= 15 is 0 Å². The van der Waals surface area contributed by atoms with Crippen molar-refractivity contribution < 1.29 is 14.3 Å². The van der Waals surface area contributed by atoms with Crippen molar-refractivity contribution in [1.29, 1.82) is 0 Å². The molecule has 2 heterocycles. The van der Waals surface area contributed by atoms with Crippen molar-refractivity contribution in [3.05, 3.63) is 64.2 Å². The van der Waals surface area contributed by atoms with Gasteiger partial charge < -0.3 is 24.8 Å². The van der Waals surface area contributed by atoms with Crippen LogP contribution in [0.25, 0.3) is 0 Å². The van der Waals surface area contributed by atoms with E-state index in [2.05, 4.69) is 77.7 Å². The number of guanidine groups is 1. The third-order valence-electron chi connectivity index (χ3n) is 9.14. The second-order valence-electron chi connectivity index (χ2n) is 13.4. The largest absolute Gasteiger partial charge is 0.447 e. The Kier molecular flexibility index (Phi) is 11.2. The highest BCUT2D eigenvalue weighted by atomic mass is 16.6. The van der Waals surface area contributed by atoms with Gasteiger partial charge in [0.15, 0.2) is 0 Å². The van der Waals surface area contributed by atoms with Crippen LogP contribution >= 0.6 is 0 Å². The number of piperazine rings is 1. The molecule has 9 heteroatoms. The lowest BCUT2D eigenvalue weighted by Crippen LogP contribution is -2.53. The van der Waals surface area contributed by atoms with E-state index in [1.54, 1.807) is 0 Å². The number of anilines is 1. The molecule has 2 aromatic carbocycles. The second kappa shape index (κ2) is 14.7. The number of nitrogens with zero attached hydrogens (tertiary/aromatic N) is 4. The van der Waals surface area contributed by atoms with Gasteiger partial charge in [-0.25, -0.2) is 4.79 Å². The molecule has 9 nitrogen and oxygen atoms in total. The summed E-state index contributed by atoms with van der Waals surface area (Å²) in [6, 6.07) is 13.3. The predicted molar refractivity (Wildman–Crippen MR) is 183 cm³/mol. The lowest BCUT2D eigenvalue weighted by Gasteiger charge is -2.34. The Balaban J connectivity index is 1.67. The molecule has 0 aliphatic carbocycles. The van der Waals surface area contributed by atoms with Gasteiger partial charge in [-0.3, -0.25) is 15.1 Å². The molecule has 0 aromatic heterocycles. The van der Waals surface area contributed by atoms with E-state index in [-0.39, 0.29) is 24.0 Å². The Labute approximate surface area is 270 Å². The van der Waals surface area contributed by atoms with Gasteiger partial charge in [0.2, 0.25) is 11.9 Å². The van der Waals surface area contributed by atoms with Crippen LogP contribution < -0.4 is 10.6 Å². The van der Waals surface area contributed by atoms with Crippen molar-refractivity contribution in [2.45, 2.75) is 85.3 Å². The molecule has 4 rings (SSSR count). The van der Waals surface area contributed by atoms with E-state index in [4.69, 9.17) is 9.73 Å². The molecule has 2 amide bonds. The summed E-state index contributed by atoms with van der Waals surface area (Å²) in [5, 5.41) is 6.76. The minimum absolute atomic E-state index is 0.0663. The molecule has 2 atom stereocenters. The van der Waals surface area contributed by atoms with Crippen LogP contribution in [0.5, 0.6) is 0 Å². The van der Waals surface area contributed by atoms with Gasteiger partial charge in [-0.1, -0.05) is 41.5 Å². The maximum atomic E-state index is 13.6. The van der Waals surface area contributed by atoms with Gasteiger partial charge in [-0.15, -0.1) is 0 Å². The van der Waals surface area contributed by atoms with Crippen LogP contribution in [0.1, 0.15) is 87.7 Å². The van der Waals surface area contributed by atoms with Crippen LogP contribution in [-0.4, -0.2) is 91.6 Å². The van der Waals surface area contributed by atoms with Crippen molar-refractivity contribution in [3.63, 3.8) is 0 Å². The van der Waals surface area contributed by atoms with E-state index < -0.39 is 11.5 Å². The summed E-state index contributed by atoms with van der Waals surface area (Å²) in [4.78, 5) is 37.5. The van der Waals surface area contributed by atoms with Crippen LogP contribution in [0.3, 0.4) is 0 Å². The Hall–Kier alpha value is -3.59. The van der Waals surface area contributed by atoms with Crippen LogP contribution in [0.4, 0.5) is 10.5 Å². The van der Waals surface area contributed by atoms with Gasteiger partial charge in [0, 0.05) is 57.4 Å². The molecule has 2 aromatic rings. The summed E-state index contributed by atoms with van der Waals surface area (Å²) in [7, 11) is 2.11. The number of carbonyl (C=O) groups is 2. The zero-order valence-corrected chi connectivity index (χ0v) is 28.9. The Morgan fingerprint density at radius 1 is 1.04 bits per heavy atom. The number of fused-ring (bicyclic) bond motifs is 1. The van der Waals surface area contributed by atoms with E-state index in [1.165, 1.54) is 22.3 Å². The first-order valence-corrected chi connectivity index (χ1v) is 16.6. The first-order chi connectivity index (χ1) is 21.3. The summed E-state index contributed by atoms with van der Waals surface area (Å²) in [5.41, 5.74) is 6.38. The van der Waals surface area contributed by atoms with Crippen molar-refractivity contribution in [1.82, 2.24) is 20.0 Å². The monoisotopic (exact) mass is 618 g/mol. The molecule has 2 unspecified atom stereocenters. The molecule has 1 fully saturated rings. The molecule has 0 saturated carbocycles. The van der Waals surface area contributed by atoms with Gasteiger partial charge in [0.25, 0.3) is 0 Å². The van der Waals surface area contributed by atoms with Gasteiger partial charge >= 0.3 is 6.09 Å². The zero-order valence-electron chi connectivity index (χ0n) is 28.9. The number of nitrogens with one attached hydrogen (secondary N) is 2. The van der Waals surface area contributed by atoms with Crippen LogP contribution in [0.15, 0.2) is 41.4 Å². The highest BCUT2D eigenvalue weighted by molar-refractivity contribution is 5.94. The van der Waals surface area contributed by atoms with Crippen molar-refractivity contribution in [3.8, 4) is 0 Å². The van der Waals surface area contributed by atoms with Gasteiger partial charge in [0.1, 0.15) is 0 Å². The van der Waals surface area contributed by atoms with Crippen LogP contribution in [0.2, 0.25) is 0 Å². The molecule has 2 N–H and O–H groups in total. The number of ether oxygens (including phenoxy) is 1. The van der Waals surface area contributed by atoms with E-state index in [0.717, 1.165) is 43.9 Å². The van der Waals surface area contributed by atoms with E-state index in [1.807, 2.05) is 46.4 Å². The molecular weight excluding hydrogens is 564 g/mol. The second-order valence-corrected chi connectivity index (χ2v) is 13.4. The lowest BCUT2D eigenvalue weighted by molar-refractivity contribution is -0.135. The average molecular weight is 619 g/mol. The highest BCUT2D eigenvalue weighted by Gasteiger charge is 2.37. The van der Waals surface area contributed by atoms with Gasteiger partial charge in [-0.05, 0) is 91.6 Å². The summed E-state index contributed by atoms with van der Waals surface area (Å²) < 4.78 is 5.40. The number of likely N-dealkylation sites (N-methyl/N-ethyl adjacent to an activating group) is 2. The zero-order chi connectivity index (χ0) is 32.9. The highest BCUT2D eigenvalue weighted by Crippen LogP contribution is 2.47. The summed E-state index contributed by atoms with van der Waals surface area (Å²) in [6.45, 7) is 21.4. The number of amides is 2. The Morgan fingerprint density at radius 2 is 1.69 bits per heavy atom. The SMILES string of the molecule is CCN(CC)C(=O)C(C)(C)c1ccc2c(c1)C(CCN=C(NC(=O)OC(C)C)N1CCN(C)CC1)C(c1cc(C)cc(C)c1)N2. The third kappa shape index (κ3) is 8.17. The van der Waals surface area contributed by atoms with E-state index in [0.29, 0.717) is 25.6 Å². The fourth-order valence-electron chi connectivity index (χ4n) is 6.58. The summed E-state index contributed by atoms with van der Waals surface area (Å²) in [6.07, 6.45) is 0.0720. The first kappa shape index (κ1) is 34.3. The van der Waals surface area contributed by atoms with Crippen molar-refractivity contribution in [2.24, 2.45) is 4.99 Å². The molecule has 0 bridgehead atoms. The van der Waals surface area contributed by atoms with Gasteiger partial charge in [-0.2, -0.15) is 0 Å². The number of hydrogen-bond donors (Lipinski definition) is 2. The number of benzene rings is 2. The van der Waals surface area contributed by atoms with Gasteiger partial charge in [0.05, 0.1) is 17.6 Å². The Bertz CT molecular complexity index is 1350. The van der Waals surface area contributed by atoms with E-state index in [9.17, 15) is 9.59 Å². The topological polar surface area (TPSA) is 89.5 Å². The van der Waals surface area contributed by atoms with Crippen LogP contribution in [-0.2, 0) is 14.9 Å². The minimum atomic E-state index is -0.656. The van der Waals surface area contributed by atoms with Crippen molar-refractivity contribution >= 4 is 23.6 Å². The standard InChI is InChI=1S/C36H54N6O3/c1-10-41(11-2)33(43)36(7,8)28-12-13-31-30(23-28)29(32(38-31)27-21-25(5)20-26(6)22-27)14-15-37-34(39-35(44)45-24(3)4)42-18-16-40(9)17-19-42/h12-13,20-24,29,32,38H,10-11,14-19H2,1-9H3,(H,37,39,44). The molecule has 2 aliphatic rings. The fourth-order valence-corrected chi connectivity index (χ4v) is 6.58. The minimum Gasteiger partial charge on any atom is -0.447 e. The number of carbonyl (C=O) groups excluding carboxylic acids is 2. The molecule has 246 valence electrons. The molecule has 0 radical (unpaired) electrons. The molecular formula is C36H54N6O3. The summed E-state index contributed by atoms with van der Waals surface area (Å²) >= 11 is 0. The summed E-state index contributed by atoms with van der Waals surface area (Å²) in [5.74, 6) is 0.838. The first-order valence-electron chi connectivity index (χ1n) is 16.6. The normalized spacial score (nSPS) is 18.9. The molecule has 2 aliphatic heterocycles. The maximum Gasteiger partial charge on any atom is 0.414 e. The van der Waals surface area contributed by atoms with Crippen LogP contribution in [0, 0.1) is 13.8 Å². The number of rotatable bonds is 9. The molecule has 45 heavy (non-hydrogen) atoms. The number of aliphatic imine (C=N–C) groups is 1. The lowest BCUT2D eigenvalue weighted by atomic mass is 9.80. The maximum absolute atomic E-state index is 13.6. The van der Waals surface area contributed by atoms with Crippen molar-refractivity contribution in [2.75, 3.05) is 58.2 Å². The molecule has 1 saturated heterocycles. The molecule has 0 spiro atoms. The number of alkyl carbamates (subject to hydrolysis) is 1. The third-order valence-corrected chi connectivity index (χ3v) is 9.14. The smallest absolute Gasteiger partial charge is 0.414 e. The Morgan fingerprint density at radius 3 is 2.29 bits per heavy atom. The average Bonchev–Trinajstić information content (AvgIpc) is 3.34. The fraction of sp³-hybridized carbons (Fsp3) is 0.583. The number of aryl methyl sites for hydroxylation is 2.